The van der Waals surface area contributed by atoms with E-state index in [0.717, 1.165) is 31.4 Å². The lowest BCUT2D eigenvalue weighted by atomic mass is 10.2. The lowest BCUT2D eigenvalue weighted by molar-refractivity contribution is 0.0602. The summed E-state index contributed by atoms with van der Waals surface area (Å²) in [5.74, 6) is -0.741. The van der Waals surface area contributed by atoms with Gasteiger partial charge in [-0.05, 0) is 49.5 Å². The van der Waals surface area contributed by atoms with Crippen LogP contribution < -0.4 is 9.44 Å². The summed E-state index contributed by atoms with van der Waals surface area (Å²) in [5, 5.41) is 0.214. The lowest BCUT2D eigenvalue weighted by Crippen LogP contribution is -2.19. The topological polar surface area (TPSA) is 119 Å². The highest BCUT2D eigenvalue weighted by Crippen LogP contribution is 2.25. The van der Waals surface area contributed by atoms with Crippen molar-refractivity contribution in [3.8, 4) is 0 Å². The summed E-state index contributed by atoms with van der Waals surface area (Å²) in [6.07, 6.45) is 0. The smallest absolute Gasteiger partial charge is 0.339 e. The van der Waals surface area contributed by atoms with Crippen molar-refractivity contribution in [2.24, 2.45) is 0 Å². The zero-order valence-corrected chi connectivity index (χ0v) is 16.1. The number of halogens is 1. The number of anilines is 1. The lowest BCUT2D eigenvalue weighted by Gasteiger charge is -2.12. The first-order chi connectivity index (χ1) is 12.1. The molecule has 0 heterocycles. The zero-order chi connectivity index (χ0) is 19.5. The van der Waals surface area contributed by atoms with Crippen molar-refractivity contribution >= 4 is 43.3 Å². The van der Waals surface area contributed by atoms with Gasteiger partial charge in [-0.15, -0.1) is 0 Å². The highest BCUT2D eigenvalue weighted by Gasteiger charge is 2.20. The van der Waals surface area contributed by atoms with Crippen LogP contribution in [0.4, 0.5) is 5.69 Å². The van der Waals surface area contributed by atoms with Crippen LogP contribution in [0.1, 0.15) is 10.4 Å². The summed E-state index contributed by atoms with van der Waals surface area (Å²) in [4.78, 5) is 11.5. The average molecular weight is 419 g/mol. The minimum atomic E-state index is -4.09. The fourth-order valence-electron chi connectivity index (χ4n) is 2.01. The van der Waals surface area contributed by atoms with Crippen LogP contribution in [0, 0.1) is 0 Å². The Hall–Kier alpha value is -2.14. The number of carbonyl (C=O) groups excluding carboxylic acids is 1. The zero-order valence-electron chi connectivity index (χ0n) is 13.7. The molecule has 2 N–H and O–H groups in total. The third-order valence-electron chi connectivity index (χ3n) is 3.34. The molecule has 11 heteroatoms. The van der Waals surface area contributed by atoms with Gasteiger partial charge in [-0.1, -0.05) is 11.6 Å². The van der Waals surface area contributed by atoms with Gasteiger partial charge in [0.1, 0.15) is 0 Å². The molecule has 0 aliphatic heterocycles. The fraction of sp³-hybridized carbons (Fsp3) is 0.133. The highest BCUT2D eigenvalue weighted by atomic mass is 35.5. The van der Waals surface area contributed by atoms with Gasteiger partial charge < -0.3 is 4.74 Å². The van der Waals surface area contributed by atoms with Gasteiger partial charge in [0, 0.05) is 5.02 Å². The number of methoxy groups -OCH3 is 1. The number of benzene rings is 2. The first-order valence-electron chi connectivity index (χ1n) is 7.05. The van der Waals surface area contributed by atoms with Gasteiger partial charge in [-0.3, -0.25) is 4.72 Å². The van der Waals surface area contributed by atoms with Crippen LogP contribution in [0.15, 0.2) is 52.3 Å². The fourth-order valence-corrected chi connectivity index (χ4v) is 3.98. The van der Waals surface area contributed by atoms with E-state index >= 15 is 0 Å². The van der Waals surface area contributed by atoms with E-state index in [2.05, 4.69) is 14.2 Å². The van der Waals surface area contributed by atoms with E-state index in [9.17, 15) is 21.6 Å². The standard InChI is InChI=1S/C15H15ClN2O6S2/c1-17-25(20,21)11-4-6-12(7-5-11)26(22,23)18-14-9-10(16)3-8-13(14)15(19)24-2/h3-9,17-18H,1-2H3. The SMILES string of the molecule is CNS(=O)(=O)c1ccc(S(=O)(=O)Nc2cc(Cl)ccc2C(=O)OC)cc1. The van der Waals surface area contributed by atoms with Crippen molar-refractivity contribution in [3.63, 3.8) is 0 Å². The molecule has 26 heavy (non-hydrogen) atoms. The molecule has 0 aromatic heterocycles. The third kappa shape index (κ3) is 4.33. The molecule has 0 saturated carbocycles. The predicted octanol–water partition coefficient (Wildman–Crippen LogP) is 1.84. The van der Waals surface area contributed by atoms with Crippen molar-refractivity contribution in [2.75, 3.05) is 18.9 Å². The Labute approximate surface area is 156 Å². The Kier molecular flexibility index (Phi) is 5.91. The molecular weight excluding hydrogens is 404 g/mol. The molecule has 0 atom stereocenters. The second-order valence-corrected chi connectivity index (χ2v) is 8.97. The van der Waals surface area contributed by atoms with Crippen LogP contribution in [0.3, 0.4) is 0 Å². The van der Waals surface area contributed by atoms with Gasteiger partial charge in [-0.2, -0.15) is 0 Å². The summed E-state index contributed by atoms with van der Waals surface area (Å²) in [6.45, 7) is 0. The number of nitrogens with one attached hydrogen (secondary N) is 2. The molecule has 0 aliphatic rings. The van der Waals surface area contributed by atoms with Crippen molar-refractivity contribution in [3.05, 3.63) is 53.1 Å². The first-order valence-corrected chi connectivity index (χ1v) is 10.4. The normalized spacial score (nSPS) is 11.8. The van der Waals surface area contributed by atoms with Crippen LogP contribution in [0.2, 0.25) is 5.02 Å². The molecule has 2 rings (SSSR count). The summed E-state index contributed by atoms with van der Waals surface area (Å²) >= 11 is 5.87. The number of rotatable bonds is 6. The maximum Gasteiger partial charge on any atom is 0.339 e. The number of sulfonamides is 2. The molecule has 0 fully saturated rings. The van der Waals surface area contributed by atoms with Crippen LogP contribution in [0.5, 0.6) is 0 Å². The van der Waals surface area contributed by atoms with Gasteiger partial charge in [0.05, 0.1) is 28.2 Å². The molecule has 0 unspecified atom stereocenters. The van der Waals surface area contributed by atoms with Crippen LogP contribution >= 0.6 is 11.6 Å². The molecule has 0 amide bonds. The largest absolute Gasteiger partial charge is 0.465 e. The summed E-state index contributed by atoms with van der Waals surface area (Å²) in [7, 11) is -5.38. The number of esters is 1. The van der Waals surface area contributed by atoms with Crippen molar-refractivity contribution in [1.82, 2.24) is 4.72 Å². The minimum absolute atomic E-state index is 0.0187. The van der Waals surface area contributed by atoms with Crippen molar-refractivity contribution in [2.45, 2.75) is 9.79 Å². The Balaban J connectivity index is 2.41. The second kappa shape index (κ2) is 7.62. The molecule has 0 bridgehead atoms. The second-order valence-electron chi connectivity index (χ2n) is 4.97. The van der Waals surface area contributed by atoms with E-state index in [1.807, 2.05) is 0 Å². The van der Waals surface area contributed by atoms with Crippen molar-refractivity contribution in [1.29, 1.82) is 0 Å². The summed E-state index contributed by atoms with van der Waals surface area (Å²) < 4.78 is 57.5. The van der Waals surface area contributed by atoms with Crippen LogP contribution in [-0.4, -0.2) is 37.0 Å². The third-order valence-corrected chi connectivity index (χ3v) is 6.39. The Morgan fingerprint density at radius 3 is 2.00 bits per heavy atom. The number of ether oxygens (including phenoxy) is 1. The molecule has 0 spiro atoms. The Bertz CT molecular complexity index is 1030. The maximum atomic E-state index is 12.5. The van der Waals surface area contributed by atoms with Gasteiger partial charge in [-0.25, -0.2) is 26.4 Å². The number of hydrogen-bond acceptors (Lipinski definition) is 6. The maximum absolute atomic E-state index is 12.5. The molecule has 0 aliphatic carbocycles. The number of carbonyl (C=O) groups is 1. The number of hydrogen-bond donors (Lipinski definition) is 2. The van der Waals surface area contributed by atoms with E-state index in [1.54, 1.807) is 0 Å². The van der Waals surface area contributed by atoms with Gasteiger partial charge in [0.25, 0.3) is 10.0 Å². The average Bonchev–Trinajstić information content (AvgIpc) is 2.61. The van der Waals surface area contributed by atoms with Gasteiger partial charge >= 0.3 is 5.97 Å². The Morgan fingerprint density at radius 2 is 1.50 bits per heavy atom. The van der Waals surface area contributed by atoms with E-state index in [0.29, 0.717) is 0 Å². The highest BCUT2D eigenvalue weighted by molar-refractivity contribution is 7.92. The van der Waals surface area contributed by atoms with E-state index in [4.69, 9.17) is 11.6 Å². The van der Waals surface area contributed by atoms with Crippen LogP contribution in [0.25, 0.3) is 0 Å². The molecule has 2 aromatic rings. The molecule has 8 nitrogen and oxygen atoms in total. The molecule has 0 radical (unpaired) electrons. The first kappa shape index (κ1) is 20.2. The van der Waals surface area contributed by atoms with Gasteiger partial charge in [0.2, 0.25) is 10.0 Å². The monoisotopic (exact) mass is 418 g/mol. The molecule has 140 valence electrons. The minimum Gasteiger partial charge on any atom is -0.465 e. The quantitative estimate of drug-likeness (QED) is 0.691. The molecule has 0 saturated heterocycles. The molecular formula is C15H15ClN2O6S2. The van der Waals surface area contributed by atoms with E-state index < -0.39 is 26.0 Å². The van der Waals surface area contributed by atoms with Crippen LogP contribution in [-0.2, 0) is 24.8 Å². The van der Waals surface area contributed by atoms with Crippen molar-refractivity contribution < 1.29 is 26.4 Å². The van der Waals surface area contributed by atoms with Gasteiger partial charge in [0.15, 0.2) is 0 Å². The van der Waals surface area contributed by atoms with E-state index in [1.165, 1.54) is 25.2 Å². The van der Waals surface area contributed by atoms with E-state index in [-0.39, 0.29) is 26.1 Å². The Morgan fingerprint density at radius 1 is 0.962 bits per heavy atom. The molecule has 2 aromatic carbocycles. The summed E-state index contributed by atoms with van der Waals surface area (Å²) in [6, 6.07) is 8.59. The summed E-state index contributed by atoms with van der Waals surface area (Å²) in [5.41, 5.74) is -0.0777. The predicted molar refractivity (Wildman–Crippen MR) is 96.3 cm³/mol.